The molecule has 0 unspecified atom stereocenters. The van der Waals surface area contributed by atoms with Crippen LogP contribution in [0.4, 0.5) is 0 Å². The zero-order valence-electron chi connectivity index (χ0n) is 17.8. The van der Waals surface area contributed by atoms with Crippen LogP contribution in [0.1, 0.15) is 28.4 Å². The fourth-order valence-electron chi connectivity index (χ4n) is 2.81. The van der Waals surface area contributed by atoms with Gasteiger partial charge < -0.3 is 14.2 Å². The van der Waals surface area contributed by atoms with Crippen LogP contribution in [0.2, 0.25) is 0 Å². The highest BCUT2D eigenvalue weighted by Crippen LogP contribution is 2.29. The number of nitrogens with zero attached hydrogens (tertiary/aromatic N) is 1. The summed E-state index contributed by atoms with van der Waals surface area (Å²) in [6.07, 6.45) is 6.73. The number of hydrogen-bond donors (Lipinski definition) is 1. The maximum atomic E-state index is 12.5. The van der Waals surface area contributed by atoms with Crippen molar-refractivity contribution in [1.82, 2.24) is 5.43 Å². The fraction of sp³-hybridized carbons (Fsp3) is 0.154. The largest absolute Gasteiger partial charge is 0.490 e. The molecule has 1 N–H and O–H groups in total. The van der Waals surface area contributed by atoms with Crippen LogP contribution in [0.3, 0.4) is 0 Å². The highest BCUT2D eigenvalue weighted by atomic mass is 16.5. The molecule has 0 saturated carbocycles. The van der Waals surface area contributed by atoms with E-state index in [1.165, 1.54) is 6.21 Å². The summed E-state index contributed by atoms with van der Waals surface area (Å²) >= 11 is 0. The molecule has 0 saturated heterocycles. The molecular weight excluding hydrogens is 404 g/mol. The van der Waals surface area contributed by atoms with Crippen molar-refractivity contribution >= 4 is 12.1 Å². The molecule has 3 aromatic carbocycles. The SMILES string of the molecule is C#CCOc1cccc(/C=N/NC(=O)c2ccc(OCc3ccccc3)c(OCC)c2)c1. The summed E-state index contributed by atoms with van der Waals surface area (Å²) in [6, 6.07) is 22.1. The Bertz CT molecular complexity index is 1100. The Morgan fingerprint density at radius 2 is 1.84 bits per heavy atom. The predicted molar refractivity (Wildman–Crippen MR) is 124 cm³/mol. The Labute approximate surface area is 187 Å². The molecule has 162 valence electrons. The number of rotatable bonds is 10. The summed E-state index contributed by atoms with van der Waals surface area (Å²) in [5, 5.41) is 4.02. The lowest BCUT2D eigenvalue weighted by Gasteiger charge is -2.13. The van der Waals surface area contributed by atoms with Crippen LogP contribution < -0.4 is 19.6 Å². The number of benzene rings is 3. The van der Waals surface area contributed by atoms with Gasteiger partial charge in [-0.15, -0.1) is 6.42 Å². The Morgan fingerprint density at radius 3 is 2.62 bits per heavy atom. The van der Waals surface area contributed by atoms with Crippen LogP contribution >= 0.6 is 0 Å². The second kappa shape index (κ2) is 11.8. The van der Waals surface area contributed by atoms with E-state index >= 15 is 0 Å². The molecule has 32 heavy (non-hydrogen) atoms. The van der Waals surface area contributed by atoms with Crippen molar-refractivity contribution in [3.63, 3.8) is 0 Å². The van der Waals surface area contributed by atoms with E-state index in [9.17, 15) is 4.79 Å². The number of hydrazone groups is 1. The lowest BCUT2D eigenvalue weighted by molar-refractivity contribution is 0.0954. The van der Waals surface area contributed by atoms with Crippen molar-refractivity contribution in [3.8, 4) is 29.6 Å². The summed E-state index contributed by atoms with van der Waals surface area (Å²) in [4.78, 5) is 12.5. The second-order valence-electron chi connectivity index (χ2n) is 6.63. The Morgan fingerprint density at radius 1 is 1.00 bits per heavy atom. The quantitative estimate of drug-likeness (QED) is 0.294. The summed E-state index contributed by atoms with van der Waals surface area (Å²) in [6.45, 7) is 2.91. The van der Waals surface area contributed by atoms with Crippen molar-refractivity contribution < 1.29 is 19.0 Å². The van der Waals surface area contributed by atoms with Crippen LogP contribution in [0.5, 0.6) is 17.2 Å². The zero-order chi connectivity index (χ0) is 22.6. The minimum absolute atomic E-state index is 0.185. The van der Waals surface area contributed by atoms with Gasteiger partial charge >= 0.3 is 0 Å². The number of hydrogen-bond acceptors (Lipinski definition) is 5. The molecule has 0 fully saturated rings. The van der Waals surface area contributed by atoms with Gasteiger partial charge in [0.1, 0.15) is 19.0 Å². The number of carbonyl (C=O) groups is 1. The van der Waals surface area contributed by atoms with E-state index in [0.29, 0.717) is 36.0 Å². The molecule has 1 amide bonds. The average Bonchev–Trinajstić information content (AvgIpc) is 2.83. The van der Waals surface area contributed by atoms with E-state index in [0.717, 1.165) is 11.1 Å². The number of nitrogens with one attached hydrogen (secondary N) is 1. The lowest BCUT2D eigenvalue weighted by atomic mass is 10.2. The lowest BCUT2D eigenvalue weighted by Crippen LogP contribution is -2.17. The van der Waals surface area contributed by atoms with Gasteiger partial charge in [0.2, 0.25) is 0 Å². The van der Waals surface area contributed by atoms with E-state index in [2.05, 4.69) is 16.4 Å². The van der Waals surface area contributed by atoms with Crippen LogP contribution in [-0.4, -0.2) is 25.3 Å². The van der Waals surface area contributed by atoms with Crippen LogP contribution in [0, 0.1) is 12.3 Å². The minimum Gasteiger partial charge on any atom is -0.490 e. The summed E-state index contributed by atoms with van der Waals surface area (Å²) in [5.41, 5.74) is 4.73. The predicted octanol–water partition coefficient (Wildman–Crippen LogP) is 4.44. The number of ether oxygens (including phenoxy) is 3. The minimum atomic E-state index is -0.364. The topological polar surface area (TPSA) is 69.2 Å². The molecule has 3 aromatic rings. The summed E-state index contributed by atoms with van der Waals surface area (Å²) < 4.78 is 16.9. The van der Waals surface area contributed by atoms with Gasteiger partial charge in [0.05, 0.1) is 12.8 Å². The molecule has 0 aliphatic carbocycles. The highest BCUT2D eigenvalue weighted by molar-refractivity contribution is 5.95. The first kappa shape index (κ1) is 22.4. The number of terminal acetylenes is 1. The molecule has 0 spiro atoms. The Kier molecular flexibility index (Phi) is 8.29. The first-order valence-electron chi connectivity index (χ1n) is 10.1. The van der Waals surface area contributed by atoms with Gasteiger partial charge in [-0.3, -0.25) is 4.79 Å². The van der Waals surface area contributed by atoms with E-state index in [1.807, 2.05) is 49.4 Å². The Balaban J connectivity index is 1.64. The molecule has 0 bridgehead atoms. The highest BCUT2D eigenvalue weighted by Gasteiger charge is 2.11. The molecule has 0 aromatic heterocycles. The number of carbonyl (C=O) groups excluding carboxylic acids is 1. The third-order valence-corrected chi connectivity index (χ3v) is 4.30. The van der Waals surface area contributed by atoms with Gasteiger partial charge in [0.25, 0.3) is 5.91 Å². The van der Waals surface area contributed by atoms with Gasteiger partial charge in [-0.25, -0.2) is 5.43 Å². The average molecular weight is 428 g/mol. The Hall–Kier alpha value is -4.24. The molecular formula is C26H24N2O4. The van der Waals surface area contributed by atoms with Gasteiger partial charge in [-0.2, -0.15) is 5.10 Å². The zero-order valence-corrected chi connectivity index (χ0v) is 17.8. The van der Waals surface area contributed by atoms with Gasteiger partial charge in [0, 0.05) is 5.56 Å². The smallest absolute Gasteiger partial charge is 0.271 e. The number of amides is 1. The van der Waals surface area contributed by atoms with Crippen molar-refractivity contribution in [3.05, 3.63) is 89.5 Å². The molecule has 0 aliphatic rings. The molecule has 0 radical (unpaired) electrons. The van der Waals surface area contributed by atoms with Crippen LogP contribution in [-0.2, 0) is 6.61 Å². The normalized spacial score (nSPS) is 10.4. The van der Waals surface area contributed by atoms with Gasteiger partial charge in [-0.05, 0) is 48.4 Å². The summed E-state index contributed by atoms with van der Waals surface area (Å²) in [7, 11) is 0. The molecule has 0 atom stereocenters. The van der Waals surface area contributed by atoms with Gasteiger partial charge in [0.15, 0.2) is 11.5 Å². The maximum absolute atomic E-state index is 12.5. The van der Waals surface area contributed by atoms with E-state index in [1.54, 1.807) is 30.3 Å². The third-order valence-electron chi connectivity index (χ3n) is 4.30. The summed E-state index contributed by atoms with van der Waals surface area (Å²) in [5.74, 6) is 3.75. The van der Waals surface area contributed by atoms with E-state index in [4.69, 9.17) is 20.6 Å². The van der Waals surface area contributed by atoms with Gasteiger partial charge in [-0.1, -0.05) is 48.4 Å². The maximum Gasteiger partial charge on any atom is 0.271 e. The standard InChI is InChI=1S/C26H24N2O4/c1-3-15-31-23-12-8-11-21(16-23)18-27-28-26(29)22-13-14-24(25(17-22)30-4-2)32-19-20-9-6-5-7-10-20/h1,5-14,16-18H,4,15,19H2,2H3,(H,28,29)/b27-18+. The van der Waals surface area contributed by atoms with Crippen LogP contribution in [0.25, 0.3) is 0 Å². The molecule has 0 heterocycles. The van der Waals surface area contributed by atoms with Crippen molar-refractivity contribution in [1.29, 1.82) is 0 Å². The van der Waals surface area contributed by atoms with Crippen molar-refractivity contribution in [2.24, 2.45) is 5.10 Å². The first-order valence-corrected chi connectivity index (χ1v) is 10.1. The third kappa shape index (κ3) is 6.64. The van der Waals surface area contributed by atoms with E-state index < -0.39 is 0 Å². The second-order valence-corrected chi connectivity index (χ2v) is 6.63. The van der Waals surface area contributed by atoms with Crippen molar-refractivity contribution in [2.75, 3.05) is 13.2 Å². The fourth-order valence-corrected chi connectivity index (χ4v) is 2.81. The van der Waals surface area contributed by atoms with E-state index in [-0.39, 0.29) is 12.5 Å². The van der Waals surface area contributed by atoms with Crippen molar-refractivity contribution in [2.45, 2.75) is 13.5 Å². The first-order chi connectivity index (χ1) is 15.7. The molecule has 6 heteroatoms. The molecule has 6 nitrogen and oxygen atoms in total. The monoisotopic (exact) mass is 428 g/mol. The van der Waals surface area contributed by atoms with Crippen LogP contribution in [0.15, 0.2) is 77.9 Å². The molecule has 0 aliphatic heterocycles. The molecule has 3 rings (SSSR count).